The van der Waals surface area contributed by atoms with E-state index < -0.39 is 0 Å². The number of ether oxygens (including phenoxy) is 1. The molecule has 1 N–H and O–H groups in total. The molecule has 2 heterocycles. The molecule has 0 saturated heterocycles. The normalized spacial score (nSPS) is 13.4. The van der Waals surface area contributed by atoms with Crippen LogP contribution in [0.15, 0.2) is 33.2 Å². The highest BCUT2D eigenvalue weighted by Gasteiger charge is 2.17. The topological polar surface area (TPSA) is 34.4 Å². The lowest BCUT2D eigenvalue weighted by atomic mass is 10.1. The van der Waals surface area contributed by atoms with Crippen molar-refractivity contribution in [3.05, 3.63) is 50.8 Å². The van der Waals surface area contributed by atoms with E-state index in [1.165, 1.54) is 11.1 Å². The van der Waals surface area contributed by atoms with Crippen LogP contribution in [0.1, 0.15) is 16.9 Å². The lowest BCUT2D eigenvalue weighted by Gasteiger charge is -2.09. The van der Waals surface area contributed by atoms with Gasteiger partial charge in [0, 0.05) is 23.0 Å². The maximum Gasteiger partial charge on any atom is 0.193 e. The first-order chi connectivity index (χ1) is 9.22. The Bertz CT molecular complexity index is 597. The zero-order valence-electron chi connectivity index (χ0n) is 10.2. The average Bonchev–Trinajstić information content (AvgIpc) is 2.98. The molecule has 3 rings (SSSR count). The van der Waals surface area contributed by atoms with Crippen LogP contribution < -0.4 is 10.1 Å². The Hall–Kier alpha value is -0.970. The number of furan rings is 1. The maximum absolute atomic E-state index is 5.73. The van der Waals surface area contributed by atoms with Gasteiger partial charge in [-0.25, -0.2) is 0 Å². The Morgan fingerprint density at radius 2 is 2.16 bits per heavy atom. The van der Waals surface area contributed by atoms with Gasteiger partial charge in [-0.1, -0.05) is 15.9 Å². The predicted octanol–water partition coefficient (Wildman–Crippen LogP) is 3.92. The van der Waals surface area contributed by atoms with E-state index in [-0.39, 0.29) is 0 Å². The van der Waals surface area contributed by atoms with Crippen LogP contribution in [-0.4, -0.2) is 6.61 Å². The van der Waals surface area contributed by atoms with Gasteiger partial charge in [-0.05, 0) is 41.4 Å². The summed E-state index contributed by atoms with van der Waals surface area (Å²) in [6, 6.07) is 7.83. The van der Waals surface area contributed by atoms with Crippen molar-refractivity contribution < 1.29 is 9.15 Å². The van der Waals surface area contributed by atoms with Gasteiger partial charge in [-0.2, -0.15) is 0 Å². The van der Waals surface area contributed by atoms with E-state index >= 15 is 0 Å². The van der Waals surface area contributed by atoms with E-state index in [9.17, 15) is 0 Å². The van der Waals surface area contributed by atoms with Crippen molar-refractivity contribution in [2.24, 2.45) is 0 Å². The first kappa shape index (κ1) is 13.0. The SMILES string of the molecule is Clc1ccc(CNCc2cc(Br)cc3c2OCC3)o1. The fourth-order valence-electron chi connectivity index (χ4n) is 2.24. The van der Waals surface area contributed by atoms with Crippen molar-refractivity contribution in [1.82, 2.24) is 5.32 Å². The smallest absolute Gasteiger partial charge is 0.193 e. The summed E-state index contributed by atoms with van der Waals surface area (Å²) < 4.78 is 12.1. The van der Waals surface area contributed by atoms with E-state index in [0.29, 0.717) is 11.8 Å². The van der Waals surface area contributed by atoms with Crippen molar-refractivity contribution in [2.75, 3.05) is 6.61 Å². The lowest BCUT2D eigenvalue weighted by molar-refractivity contribution is 0.352. The first-order valence-corrected chi connectivity index (χ1v) is 7.28. The van der Waals surface area contributed by atoms with Crippen LogP contribution in [-0.2, 0) is 19.5 Å². The van der Waals surface area contributed by atoms with Crippen LogP contribution in [0.2, 0.25) is 5.22 Å². The number of rotatable bonds is 4. The molecule has 1 aromatic heterocycles. The van der Waals surface area contributed by atoms with Crippen LogP contribution >= 0.6 is 27.5 Å². The molecule has 2 aromatic rings. The lowest BCUT2D eigenvalue weighted by Crippen LogP contribution is -2.12. The molecule has 0 saturated carbocycles. The van der Waals surface area contributed by atoms with Gasteiger partial charge in [0.25, 0.3) is 0 Å². The van der Waals surface area contributed by atoms with Gasteiger partial charge in [0.1, 0.15) is 11.5 Å². The quantitative estimate of drug-likeness (QED) is 0.914. The molecule has 1 aromatic carbocycles. The Kier molecular flexibility index (Phi) is 3.82. The fraction of sp³-hybridized carbons (Fsp3) is 0.286. The number of fused-ring (bicyclic) bond motifs is 1. The highest BCUT2D eigenvalue weighted by molar-refractivity contribution is 9.10. The molecule has 0 radical (unpaired) electrons. The second-order valence-electron chi connectivity index (χ2n) is 4.46. The molecule has 0 bridgehead atoms. The minimum Gasteiger partial charge on any atom is -0.493 e. The van der Waals surface area contributed by atoms with E-state index in [0.717, 1.165) is 35.6 Å². The number of halogens is 2. The third kappa shape index (κ3) is 2.96. The van der Waals surface area contributed by atoms with Crippen molar-refractivity contribution in [3.63, 3.8) is 0 Å². The van der Waals surface area contributed by atoms with Crippen molar-refractivity contribution in [3.8, 4) is 5.75 Å². The molecule has 0 unspecified atom stereocenters. The molecule has 3 nitrogen and oxygen atoms in total. The van der Waals surface area contributed by atoms with Crippen LogP contribution in [0.5, 0.6) is 5.75 Å². The van der Waals surface area contributed by atoms with Gasteiger partial charge >= 0.3 is 0 Å². The molecule has 1 aliphatic rings. The van der Waals surface area contributed by atoms with Gasteiger partial charge in [0.15, 0.2) is 5.22 Å². The third-order valence-corrected chi connectivity index (χ3v) is 3.73. The molecule has 0 spiro atoms. The zero-order valence-corrected chi connectivity index (χ0v) is 12.6. The summed E-state index contributed by atoms with van der Waals surface area (Å²) in [6.07, 6.45) is 0.982. The Morgan fingerprint density at radius 1 is 1.26 bits per heavy atom. The van der Waals surface area contributed by atoms with Crippen molar-refractivity contribution in [2.45, 2.75) is 19.5 Å². The first-order valence-electron chi connectivity index (χ1n) is 6.11. The van der Waals surface area contributed by atoms with E-state index in [1.54, 1.807) is 6.07 Å². The van der Waals surface area contributed by atoms with Crippen LogP contribution in [0.25, 0.3) is 0 Å². The summed E-state index contributed by atoms with van der Waals surface area (Å²) in [5, 5.41) is 3.75. The second-order valence-corrected chi connectivity index (χ2v) is 5.75. The van der Waals surface area contributed by atoms with E-state index in [2.05, 4.69) is 33.4 Å². The molecule has 0 aliphatic carbocycles. The number of hydrogen-bond acceptors (Lipinski definition) is 3. The number of nitrogens with one attached hydrogen (secondary N) is 1. The second kappa shape index (κ2) is 5.57. The van der Waals surface area contributed by atoms with Crippen molar-refractivity contribution >= 4 is 27.5 Å². The number of hydrogen-bond donors (Lipinski definition) is 1. The van der Waals surface area contributed by atoms with Crippen molar-refractivity contribution in [1.29, 1.82) is 0 Å². The summed E-state index contributed by atoms with van der Waals surface area (Å²) in [5.41, 5.74) is 2.44. The molecule has 1 aliphatic heterocycles. The van der Waals surface area contributed by atoms with E-state index in [1.807, 2.05) is 6.07 Å². The minimum atomic E-state index is 0.420. The summed E-state index contributed by atoms with van der Waals surface area (Å²) in [7, 11) is 0. The molecule has 0 atom stereocenters. The molecule has 100 valence electrons. The minimum absolute atomic E-state index is 0.420. The van der Waals surface area contributed by atoms with Gasteiger partial charge < -0.3 is 14.5 Å². The predicted molar refractivity (Wildman–Crippen MR) is 77.6 cm³/mol. The highest BCUT2D eigenvalue weighted by atomic mass is 79.9. The Labute approximate surface area is 125 Å². The largest absolute Gasteiger partial charge is 0.493 e. The average molecular weight is 343 g/mol. The van der Waals surface area contributed by atoms with Crippen LogP contribution in [0.3, 0.4) is 0 Å². The van der Waals surface area contributed by atoms with Gasteiger partial charge in [-0.15, -0.1) is 0 Å². The maximum atomic E-state index is 5.73. The van der Waals surface area contributed by atoms with Gasteiger partial charge in [-0.3, -0.25) is 0 Å². The Morgan fingerprint density at radius 3 is 2.95 bits per heavy atom. The highest BCUT2D eigenvalue weighted by Crippen LogP contribution is 2.32. The van der Waals surface area contributed by atoms with E-state index in [4.69, 9.17) is 20.8 Å². The summed E-state index contributed by atoms with van der Waals surface area (Å²) >= 11 is 9.27. The zero-order chi connectivity index (χ0) is 13.2. The fourth-order valence-corrected chi connectivity index (χ4v) is 2.96. The molecule has 19 heavy (non-hydrogen) atoms. The summed E-state index contributed by atoms with van der Waals surface area (Å²) in [5.74, 6) is 1.85. The number of benzene rings is 1. The molecule has 5 heteroatoms. The molecular formula is C14H13BrClNO2. The monoisotopic (exact) mass is 341 g/mol. The molecule has 0 fully saturated rings. The standard InChI is InChI=1S/C14H13BrClNO2/c15-11-5-9-3-4-18-14(9)10(6-11)7-17-8-12-1-2-13(16)19-12/h1-2,5-6,17H,3-4,7-8H2. The summed E-state index contributed by atoms with van der Waals surface area (Å²) in [4.78, 5) is 0. The van der Waals surface area contributed by atoms with Gasteiger partial charge in [0.05, 0.1) is 13.2 Å². The Balaban J connectivity index is 1.67. The third-order valence-electron chi connectivity index (χ3n) is 3.07. The van der Waals surface area contributed by atoms with Crippen LogP contribution in [0.4, 0.5) is 0 Å². The van der Waals surface area contributed by atoms with Gasteiger partial charge in [0.2, 0.25) is 0 Å². The molecular weight excluding hydrogens is 330 g/mol. The van der Waals surface area contributed by atoms with Crippen LogP contribution in [0, 0.1) is 0 Å². The molecule has 0 amide bonds. The summed E-state index contributed by atoms with van der Waals surface area (Å²) in [6.45, 7) is 2.15.